The Kier molecular flexibility index (Phi) is 3.58. The molecular weight excluding hydrogens is 244 g/mol. The third-order valence-corrected chi connectivity index (χ3v) is 3.41. The zero-order chi connectivity index (χ0) is 13.3. The molecule has 3 atom stereocenters. The largest absolute Gasteiger partial charge is 0.374 e. The third-order valence-electron chi connectivity index (χ3n) is 3.41. The van der Waals surface area contributed by atoms with Crippen LogP contribution >= 0.6 is 0 Å². The fourth-order valence-corrected chi connectivity index (χ4v) is 2.36. The van der Waals surface area contributed by atoms with E-state index in [9.17, 15) is 0 Å². The van der Waals surface area contributed by atoms with Gasteiger partial charge in [0, 0.05) is 0 Å². The van der Waals surface area contributed by atoms with E-state index in [1.54, 1.807) is 0 Å². The molecule has 2 fully saturated rings. The fraction of sp³-hybridized carbons (Fsp3) is 0.600. The van der Waals surface area contributed by atoms with Crippen molar-refractivity contribution in [2.24, 2.45) is 0 Å². The Morgan fingerprint density at radius 3 is 2.74 bits per heavy atom. The van der Waals surface area contributed by atoms with Crippen LogP contribution < -0.4 is 0 Å². The lowest BCUT2D eigenvalue weighted by Gasteiger charge is -2.16. The van der Waals surface area contributed by atoms with E-state index in [1.165, 1.54) is 5.56 Å². The highest BCUT2D eigenvalue weighted by molar-refractivity contribution is 5.13. The van der Waals surface area contributed by atoms with Crippen molar-refractivity contribution in [1.29, 1.82) is 0 Å². The molecule has 3 rings (SSSR count). The zero-order valence-electron chi connectivity index (χ0n) is 11.4. The molecule has 0 N–H and O–H groups in total. The maximum Gasteiger partial charge on any atom is 0.163 e. The number of hydrogen-bond acceptors (Lipinski definition) is 4. The van der Waals surface area contributed by atoms with Gasteiger partial charge in [-0.1, -0.05) is 30.3 Å². The lowest BCUT2D eigenvalue weighted by atomic mass is 10.2. The van der Waals surface area contributed by atoms with Crippen LogP contribution in [0.5, 0.6) is 0 Å². The van der Waals surface area contributed by atoms with Crippen molar-refractivity contribution >= 4 is 0 Å². The van der Waals surface area contributed by atoms with Gasteiger partial charge < -0.3 is 18.9 Å². The molecule has 0 aliphatic carbocycles. The molecule has 19 heavy (non-hydrogen) atoms. The van der Waals surface area contributed by atoms with Gasteiger partial charge in [-0.15, -0.1) is 0 Å². The minimum Gasteiger partial charge on any atom is -0.374 e. The smallest absolute Gasteiger partial charge is 0.163 e. The third kappa shape index (κ3) is 3.34. The summed E-state index contributed by atoms with van der Waals surface area (Å²) < 4.78 is 22.6. The molecule has 104 valence electrons. The van der Waals surface area contributed by atoms with E-state index >= 15 is 0 Å². The molecule has 0 amide bonds. The van der Waals surface area contributed by atoms with Gasteiger partial charge in [0.1, 0.15) is 18.3 Å². The van der Waals surface area contributed by atoms with Crippen LogP contribution in [0.3, 0.4) is 0 Å². The van der Waals surface area contributed by atoms with Crippen LogP contribution in [-0.4, -0.2) is 37.3 Å². The van der Waals surface area contributed by atoms with Gasteiger partial charge in [-0.05, 0) is 19.4 Å². The van der Waals surface area contributed by atoms with E-state index < -0.39 is 5.79 Å². The average Bonchev–Trinajstić information content (AvgIpc) is 3.07. The maximum absolute atomic E-state index is 5.76. The van der Waals surface area contributed by atoms with Gasteiger partial charge in [0.2, 0.25) is 0 Å². The van der Waals surface area contributed by atoms with Crippen molar-refractivity contribution in [3.63, 3.8) is 0 Å². The second kappa shape index (κ2) is 5.21. The number of rotatable bonds is 5. The molecule has 0 radical (unpaired) electrons. The Balaban J connectivity index is 1.38. The highest BCUT2D eigenvalue weighted by Crippen LogP contribution is 2.34. The molecule has 0 aromatic heterocycles. The van der Waals surface area contributed by atoms with Crippen molar-refractivity contribution < 1.29 is 18.9 Å². The van der Waals surface area contributed by atoms with Crippen molar-refractivity contribution in [1.82, 2.24) is 0 Å². The minimum atomic E-state index is -0.480. The predicted octanol–water partition coefficient (Wildman–Crippen LogP) is 2.12. The van der Waals surface area contributed by atoms with Crippen LogP contribution in [0.25, 0.3) is 0 Å². The molecule has 2 aliphatic rings. The van der Waals surface area contributed by atoms with Crippen LogP contribution in [0.4, 0.5) is 0 Å². The van der Waals surface area contributed by atoms with Gasteiger partial charge in [0.25, 0.3) is 0 Å². The van der Waals surface area contributed by atoms with E-state index in [-0.39, 0.29) is 18.3 Å². The fourth-order valence-electron chi connectivity index (χ4n) is 2.36. The first-order chi connectivity index (χ1) is 9.14. The Morgan fingerprint density at radius 1 is 1.26 bits per heavy atom. The van der Waals surface area contributed by atoms with E-state index in [0.717, 1.165) is 0 Å². The molecule has 2 aliphatic heterocycles. The van der Waals surface area contributed by atoms with E-state index in [1.807, 2.05) is 32.0 Å². The summed E-state index contributed by atoms with van der Waals surface area (Å²) in [7, 11) is 0. The summed E-state index contributed by atoms with van der Waals surface area (Å²) in [5.74, 6) is -0.480. The van der Waals surface area contributed by atoms with E-state index in [4.69, 9.17) is 18.9 Å². The summed E-state index contributed by atoms with van der Waals surface area (Å²) in [6, 6.07) is 10.1. The summed E-state index contributed by atoms with van der Waals surface area (Å²) >= 11 is 0. The summed E-state index contributed by atoms with van der Waals surface area (Å²) in [5, 5.41) is 0. The highest BCUT2D eigenvalue weighted by atomic mass is 16.8. The second-order valence-corrected chi connectivity index (χ2v) is 5.51. The van der Waals surface area contributed by atoms with Crippen LogP contribution in [0.2, 0.25) is 0 Å². The molecule has 2 saturated heterocycles. The average molecular weight is 264 g/mol. The van der Waals surface area contributed by atoms with Gasteiger partial charge in [-0.3, -0.25) is 0 Å². The lowest BCUT2D eigenvalue weighted by Crippen LogP contribution is -2.25. The van der Waals surface area contributed by atoms with Gasteiger partial charge in [0.05, 0.1) is 19.8 Å². The second-order valence-electron chi connectivity index (χ2n) is 5.51. The number of hydrogen-bond donors (Lipinski definition) is 0. The van der Waals surface area contributed by atoms with E-state index in [2.05, 4.69) is 12.1 Å². The number of benzene rings is 1. The zero-order valence-corrected chi connectivity index (χ0v) is 11.4. The van der Waals surface area contributed by atoms with E-state index in [0.29, 0.717) is 19.8 Å². The molecule has 4 heteroatoms. The van der Waals surface area contributed by atoms with Crippen molar-refractivity contribution in [3.8, 4) is 0 Å². The van der Waals surface area contributed by atoms with Crippen molar-refractivity contribution in [2.75, 3.05) is 13.2 Å². The quantitative estimate of drug-likeness (QED) is 0.764. The Hall–Kier alpha value is -0.940. The SMILES string of the molecule is CC1(C)OC[C@H]([C@@H]2O[C@H]2COCc2ccccc2)O1. The Labute approximate surface area is 113 Å². The normalized spacial score (nSPS) is 32.4. The summed E-state index contributed by atoms with van der Waals surface area (Å²) in [6.07, 6.45) is 0.309. The molecule has 2 heterocycles. The van der Waals surface area contributed by atoms with Crippen LogP contribution in [-0.2, 0) is 25.6 Å². The molecule has 1 aromatic rings. The molecule has 0 spiro atoms. The van der Waals surface area contributed by atoms with Crippen molar-refractivity contribution in [3.05, 3.63) is 35.9 Å². The molecular formula is C15H20O4. The predicted molar refractivity (Wildman–Crippen MR) is 69.7 cm³/mol. The summed E-state index contributed by atoms with van der Waals surface area (Å²) in [5.41, 5.74) is 1.18. The number of ether oxygens (including phenoxy) is 4. The van der Waals surface area contributed by atoms with Crippen LogP contribution in [0.1, 0.15) is 19.4 Å². The first-order valence-electron chi connectivity index (χ1n) is 6.73. The lowest BCUT2D eigenvalue weighted by molar-refractivity contribution is -0.140. The maximum atomic E-state index is 5.76. The monoisotopic (exact) mass is 264 g/mol. The van der Waals surface area contributed by atoms with Gasteiger partial charge in [-0.2, -0.15) is 0 Å². The van der Waals surface area contributed by atoms with Crippen molar-refractivity contribution in [2.45, 2.75) is 44.6 Å². The van der Waals surface area contributed by atoms with Gasteiger partial charge in [-0.25, -0.2) is 0 Å². The standard InChI is InChI=1S/C15H20O4/c1-15(2)17-10-13(19-15)14-12(18-14)9-16-8-11-6-4-3-5-7-11/h3-7,12-14H,8-10H2,1-2H3/t12-,13+,14+/m0/s1. The molecule has 0 bridgehead atoms. The van der Waals surface area contributed by atoms with Gasteiger partial charge in [0.15, 0.2) is 5.79 Å². The molecule has 0 unspecified atom stereocenters. The molecule has 4 nitrogen and oxygen atoms in total. The minimum absolute atomic E-state index is 0.0420. The van der Waals surface area contributed by atoms with Crippen LogP contribution in [0, 0.1) is 0 Å². The molecule has 1 aromatic carbocycles. The van der Waals surface area contributed by atoms with Gasteiger partial charge >= 0.3 is 0 Å². The first kappa shape index (κ1) is 13.1. The summed E-state index contributed by atoms with van der Waals surface area (Å²) in [4.78, 5) is 0. The topological polar surface area (TPSA) is 40.2 Å². The van der Waals surface area contributed by atoms with Crippen LogP contribution in [0.15, 0.2) is 30.3 Å². The molecule has 0 saturated carbocycles. The number of epoxide rings is 1. The highest BCUT2D eigenvalue weighted by Gasteiger charge is 2.50. The Morgan fingerprint density at radius 2 is 2.05 bits per heavy atom. The first-order valence-corrected chi connectivity index (χ1v) is 6.73. The summed E-state index contributed by atoms with van der Waals surface area (Å²) in [6.45, 7) is 5.69. The Bertz CT molecular complexity index is 417.